The van der Waals surface area contributed by atoms with Gasteiger partial charge in [0.25, 0.3) is 0 Å². The van der Waals surface area contributed by atoms with E-state index in [2.05, 4.69) is 192 Å². The minimum Gasteiger partial charge on any atom is -0.715 e. The first-order valence-corrected chi connectivity index (χ1v) is 38.9. The van der Waals surface area contributed by atoms with Crippen LogP contribution in [-0.2, 0) is 43.6 Å². The number of imidazole rings is 5. The number of Topliss-reactive ketones (excluding diaryl/α,β-unsaturated/α-hetero) is 1. The molecule has 4 saturated carbocycles. The van der Waals surface area contributed by atoms with E-state index in [1.165, 1.54) is 119 Å². The zero-order valence-electron chi connectivity index (χ0n) is 65.8. The second-order valence-electron chi connectivity index (χ2n) is 28.5. The van der Waals surface area contributed by atoms with Crippen LogP contribution in [0.25, 0.3) is 33.1 Å². The number of nitrogens with one attached hydrogen (secondary N) is 5. The van der Waals surface area contributed by atoms with Crippen LogP contribution in [0.3, 0.4) is 0 Å². The number of benzene rings is 8. The number of hydrogen-bond acceptors (Lipinski definition) is 16. The Bertz CT molecular complexity index is 4480. The van der Waals surface area contributed by atoms with Crippen molar-refractivity contribution < 1.29 is 182 Å². The Balaban J connectivity index is 0.000000353. The number of rotatable bonds is 14. The molecule has 5 aromatic heterocycles. The maximum absolute atomic E-state index is 11.1. The van der Waals surface area contributed by atoms with E-state index in [4.69, 9.17) is 50.7 Å². The van der Waals surface area contributed by atoms with E-state index in [1.807, 2.05) is 72.8 Å². The summed E-state index contributed by atoms with van der Waals surface area (Å²) < 4.78 is 3.49. The first-order valence-electron chi connectivity index (χ1n) is 38.5. The van der Waals surface area contributed by atoms with Crippen molar-refractivity contribution in [3.63, 3.8) is 0 Å². The number of carbonyl (C=O) groups excluding carboxylic acids is 1. The molecule has 0 bridgehead atoms. The molecule has 5 heterocycles. The van der Waals surface area contributed by atoms with Crippen LogP contribution < -0.4 is 63.1 Å². The minimum atomic E-state index is 0. The van der Waals surface area contributed by atoms with E-state index in [1.54, 1.807) is 58.7 Å². The second-order valence-corrected chi connectivity index (χ2v) is 28.9. The molecule has 0 atom stereocenters. The quantitative estimate of drug-likeness (QED) is 0.0158. The number of aromatic nitrogens is 10. The number of nitrogens with two attached hydrogens (primary N) is 4. The van der Waals surface area contributed by atoms with Gasteiger partial charge in [-0.25, -0.2) is 24.9 Å². The topological polar surface area (TPSA) is 328 Å². The molecule has 0 amide bonds. The van der Waals surface area contributed by atoms with Gasteiger partial charge in [0.2, 0.25) is 5.95 Å². The molecule has 6 radical (unpaired) electrons. The Morgan fingerprint density at radius 2 is 0.776 bits per heavy atom. The van der Waals surface area contributed by atoms with Gasteiger partial charge in [0.1, 0.15) is 30.1 Å². The Morgan fingerprint density at radius 1 is 0.448 bits per heavy atom. The Hall–Kier alpha value is -5.10. The van der Waals surface area contributed by atoms with Crippen LogP contribution in [0.4, 0.5) is 17.3 Å². The largest absolute Gasteiger partial charge is 1.00 e. The van der Waals surface area contributed by atoms with Crippen molar-refractivity contribution in [2.45, 2.75) is 174 Å². The smallest absolute Gasteiger partial charge is 0.715 e. The van der Waals surface area contributed by atoms with Crippen molar-refractivity contribution in [3.8, 4) is 0 Å². The third kappa shape index (κ3) is 37.5. The summed E-state index contributed by atoms with van der Waals surface area (Å²) in [4.78, 5) is 42.3. The normalized spacial score (nSPS) is 16.9. The number of aromatic amines is 3. The fourth-order valence-electron chi connectivity index (χ4n) is 14.5. The van der Waals surface area contributed by atoms with Gasteiger partial charge in [-0.1, -0.05) is 185 Å². The maximum atomic E-state index is 11.1. The van der Waals surface area contributed by atoms with Crippen LogP contribution >= 0.6 is 12.2 Å². The summed E-state index contributed by atoms with van der Waals surface area (Å²) in [5.74, 6) is 6.52. The fourth-order valence-corrected chi connectivity index (χ4v) is 14.7. The molecular formula is C90H117Ac3BN16NaO4S. The average molecular weight is 2230 g/mol. The summed E-state index contributed by atoms with van der Waals surface area (Å²) in [5.41, 5.74) is 35.6. The van der Waals surface area contributed by atoms with Crippen molar-refractivity contribution in [3.05, 3.63) is 290 Å². The second kappa shape index (κ2) is 60.4. The van der Waals surface area contributed by atoms with Gasteiger partial charge in [-0.15, -0.1) is 0 Å². The van der Waals surface area contributed by atoms with Gasteiger partial charge in [0.05, 0.1) is 57.6 Å². The monoisotopic (exact) mass is 2230 g/mol. The fraction of sp³-hybridized carbons (Fsp3) is 0.344. The van der Waals surface area contributed by atoms with Crippen molar-refractivity contribution in [2.24, 2.45) is 35.1 Å². The van der Waals surface area contributed by atoms with Gasteiger partial charge < -0.3 is 61.6 Å². The first kappa shape index (κ1) is 105. The van der Waals surface area contributed by atoms with E-state index in [0.717, 1.165) is 113 Å². The number of para-hydroxylation sites is 8. The Labute approximate surface area is 823 Å². The Morgan fingerprint density at radius 3 is 1.14 bits per heavy atom. The molecule has 116 heavy (non-hydrogen) atoms. The van der Waals surface area contributed by atoms with E-state index in [-0.39, 0.29) is 177 Å². The van der Waals surface area contributed by atoms with Crippen LogP contribution in [0.5, 0.6) is 0 Å². The molecule has 8 aromatic carbocycles. The van der Waals surface area contributed by atoms with Gasteiger partial charge in [0, 0.05) is 188 Å². The van der Waals surface area contributed by atoms with E-state index in [9.17, 15) is 4.79 Å². The predicted molar refractivity (Wildman–Crippen MR) is 465 cm³/mol. The Kier molecular flexibility index (Phi) is 54.7. The SMILES string of the molecule is C.C.NC1CCC(Cc2ccccc2)CC1.NCc1nc2ccccc2[nH]1.Nc1ccccc1N.O=C1CCC(Cc2ccccc2)CC1.OO.S=C(n1ccnc1)n1ccnc1.[Ac].[Ac].[Ac].[B-]O.[Na+].c1ccc(CC2CCC(NCc3nc4ccccc4[nH]3)CC2)cc1.c1ccc(CC2CCC(Nc3nc4ccccc4[nH]3)CC2)cc1. The van der Waals surface area contributed by atoms with Crippen molar-refractivity contribution >= 4 is 81.6 Å². The number of carbonyl (C=O) groups is 1. The van der Waals surface area contributed by atoms with E-state index < -0.39 is 0 Å². The minimum absolute atomic E-state index is 0. The first-order chi connectivity index (χ1) is 54.0. The van der Waals surface area contributed by atoms with Crippen LogP contribution in [0.15, 0.2) is 256 Å². The van der Waals surface area contributed by atoms with Gasteiger partial charge >= 0.3 is 29.6 Å². The number of hydrogen-bond donors (Lipinski definition) is 12. The summed E-state index contributed by atoms with van der Waals surface area (Å²) in [6.07, 6.45) is 34.2. The van der Waals surface area contributed by atoms with Gasteiger partial charge in [0.15, 0.2) is 5.11 Å². The van der Waals surface area contributed by atoms with Crippen LogP contribution in [0, 0.1) is 156 Å². The molecule has 0 spiro atoms. The predicted octanol–water partition coefficient (Wildman–Crippen LogP) is 15.0. The molecule has 17 rings (SSSR count). The molecule has 16 N–H and O–H groups in total. The number of fused-ring (bicyclic) bond motifs is 3. The van der Waals surface area contributed by atoms with Crippen LogP contribution in [-0.4, -0.2) is 102 Å². The third-order valence-corrected chi connectivity index (χ3v) is 20.9. The van der Waals surface area contributed by atoms with E-state index in [0.29, 0.717) is 46.9 Å². The van der Waals surface area contributed by atoms with Gasteiger partial charge in [-0.3, -0.25) is 24.4 Å². The zero-order chi connectivity index (χ0) is 77.3. The maximum Gasteiger partial charge on any atom is 1.00 e. The average Bonchev–Trinajstić information content (AvgIpc) is 1.71. The molecule has 0 saturated heterocycles. The van der Waals surface area contributed by atoms with Crippen molar-refractivity contribution in [2.75, 3.05) is 16.8 Å². The molecule has 600 valence electrons. The number of nitrogens with zero attached hydrogens (tertiary/aromatic N) is 7. The van der Waals surface area contributed by atoms with Crippen LogP contribution in [0.2, 0.25) is 0 Å². The number of ketones is 1. The molecule has 20 nitrogen and oxygen atoms in total. The number of thiocarbonyl (C=S) groups is 1. The standard InChI is InChI=1S/C21H25N3.C20H23N3.C13H19N.C13H16O.C8H9N3.C7H6N4S.C6H8N2.2CH4.3Ac.BHO.Na.H2O2/c1-2-6-16(7-3-1)14-17-10-12-18(13-11-17)22-15-21-23-19-8-4-5-9-20(19)24-21;1-2-6-15(7-3-1)14-16-10-12-17(13-11-16)21-20-22-18-8-4-5-9-19(18)23-20;2*14-13-8-6-12(7-9-13)10-11-4-2-1-3-5-11;9-5-8-10-6-3-1-2-4-7(6)11-8;12-7(10-3-1-8-5-10)11-4-2-9-6-11;7-5-3-1-2-4-6(5)8;;;;;;1-2;;1-2/h1-9,17-18,22H,10-15H2,(H,23,24);1-9,16-17H,10-14H2,(H2,21,22,23);1-5,12-13H,6-10,14H2;1-5,12H,6-10H2;1-4H,5,9H2,(H,10,11);1-6H;1-4H,7-8H2;2*1H4;;;;2H;;1-2H/q;;;;;;;;;;;;-1;+1;. The van der Waals surface area contributed by atoms with Gasteiger partial charge in [-0.2, -0.15) is 0 Å². The summed E-state index contributed by atoms with van der Waals surface area (Å²) in [6, 6.07) is 76.4. The zero-order valence-corrected chi connectivity index (χ0v) is 82.8. The van der Waals surface area contributed by atoms with Crippen molar-refractivity contribution in [1.29, 1.82) is 0 Å². The van der Waals surface area contributed by atoms with Gasteiger partial charge in [-0.05, 0) is 222 Å². The number of nitrogen functional groups attached to an aromatic ring is 2. The summed E-state index contributed by atoms with van der Waals surface area (Å²) in [5, 5.41) is 26.4. The molecule has 0 unspecified atom stereocenters. The van der Waals surface area contributed by atoms with Crippen molar-refractivity contribution in [1.82, 2.24) is 54.3 Å². The third-order valence-electron chi connectivity index (χ3n) is 20.5. The summed E-state index contributed by atoms with van der Waals surface area (Å²) in [6.45, 7) is 1.30. The van der Waals surface area contributed by atoms with Crippen LogP contribution in [0.1, 0.15) is 151 Å². The molecule has 0 aliphatic heterocycles. The summed E-state index contributed by atoms with van der Waals surface area (Å²) in [7, 11) is 3.50. The molecule has 4 fully saturated rings. The molecular weight excluding hydrogens is 2120 g/mol. The number of anilines is 3. The summed E-state index contributed by atoms with van der Waals surface area (Å²) >= 11 is 5.14. The van der Waals surface area contributed by atoms with E-state index >= 15 is 0 Å². The molecule has 4 aliphatic rings. The molecule has 4 aliphatic carbocycles. The number of H-pyrrole nitrogens is 3. The molecule has 26 heteroatoms. The molecule has 13 aromatic rings.